The second kappa shape index (κ2) is 4.45. The number of ether oxygens (including phenoxy) is 1. The molecule has 80 valence electrons. The van der Waals surface area contributed by atoms with Gasteiger partial charge in [-0.15, -0.1) is 0 Å². The van der Waals surface area contributed by atoms with Crippen molar-refractivity contribution in [2.24, 2.45) is 5.73 Å². The average Bonchev–Trinajstić information content (AvgIpc) is 2.18. The summed E-state index contributed by atoms with van der Waals surface area (Å²) in [4.78, 5) is 21.7. The highest BCUT2D eigenvalue weighted by atomic mass is 16.5. The predicted octanol–water partition coefficient (Wildman–Crippen LogP) is 0.343. The molecule has 0 saturated heterocycles. The van der Waals surface area contributed by atoms with E-state index >= 15 is 0 Å². The Kier molecular flexibility index (Phi) is 3.28. The summed E-state index contributed by atoms with van der Waals surface area (Å²) in [7, 11) is 0. The lowest BCUT2D eigenvalue weighted by Crippen LogP contribution is -2.21. The molecule has 0 aliphatic heterocycles. The lowest BCUT2D eigenvalue weighted by Gasteiger charge is -2.05. The van der Waals surface area contributed by atoms with E-state index in [2.05, 4.69) is 4.74 Å². The van der Waals surface area contributed by atoms with E-state index in [1.165, 1.54) is 12.1 Å². The Hall–Kier alpha value is -2.04. The average molecular weight is 209 g/mol. The zero-order valence-corrected chi connectivity index (χ0v) is 8.19. The summed E-state index contributed by atoms with van der Waals surface area (Å²) in [6.45, 7) is 1.27. The van der Waals surface area contributed by atoms with Crippen LogP contribution in [0.5, 0.6) is 5.75 Å². The molecular formula is C10H11NO4. The lowest BCUT2D eigenvalue weighted by atomic mass is 10.1. The van der Waals surface area contributed by atoms with Crippen LogP contribution in [0, 0.1) is 6.92 Å². The first kappa shape index (κ1) is 11.0. The number of benzene rings is 1. The predicted molar refractivity (Wildman–Crippen MR) is 52.3 cm³/mol. The topological polar surface area (TPSA) is 89.6 Å². The fourth-order valence-electron chi connectivity index (χ4n) is 1.03. The lowest BCUT2D eigenvalue weighted by molar-refractivity contribution is -0.121. The first-order valence-corrected chi connectivity index (χ1v) is 4.25. The van der Waals surface area contributed by atoms with E-state index in [1.807, 2.05) is 0 Å². The normalized spacial score (nSPS) is 9.67. The molecule has 0 saturated carbocycles. The third-order valence-electron chi connectivity index (χ3n) is 1.72. The molecule has 0 spiro atoms. The molecule has 0 radical (unpaired) electrons. The number of carbonyl (C=O) groups is 2. The summed E-state index contributed by atoms with van der Waals surface area (Å²) in [6.07, 6.45) is 0. The van der Waals surface area contributed by atoms with E-state index in [4.69, 9.17) is 5.73 Å². The summed E-state index contributed by atoms with van der Waals surface area (Å²) in [5.74, 6) is -1.69. The largest absolute Gasteiger partial charge is 0.507 e. The molecule has 3 N–H and O–H groups in total. The van der Waals surface area contributed by atoms with Gasteiger partial charge in [0.05, 0.1) is 0 Å². The van der Waals surface area contributed by atoms with Gasteiger partial charge in [-0.05, 0) is 19.1 Å². The molecule has 5 nitrogen and oxygen atoms in total. The smallest absolute Gasteiger partial charge is 0.342 e. The molecule has 0 aliphatic carbocycles. The van der Waals surface area contributed by atoms with Gasteiger partial charge < -0.3 is 15.6 Å². The van der Waals surface area contributed by atoms with Crippen LogP contribution in [0.15, 0.2) is 18.2 Å². The maximum absolute atomic E-state index is 11.3. The van der Waals surface area contributed by atoms with E-state index in [9.17, 15) is 14.7 Å². The number of rotatable bonds is 3. The van der Waals surface area contributed by atoms with Gasteiger partial charge in [-0.2, -0.15) is 0 Å². The monoisotopic (exact) mass is 209 g/mol. The van der Waals surface area contributed by atoms with Gasteiger partial charge in [0.15, 0.2) is 6.61 Å². The van der Waals surface area contributed by atoms with Gasteiger partial charge in [-0.1, -0.05) is 11.6 Å². The molecule has 0 heterocycles. The van der Waals surface area contributed by atoms with Gasteiger partial charge in [-0.3, -0.25) is 4.79 Å². The number of primary amides is 1. The van der Waals surface area contributed by atoms with Crippen molar-refractivity contribution in [3.63, 3.8) is 0 Å². The Morgan fingerprint density at radius 3 is 2.73 bits per heavy atom. The van der Waals surface area contributed by atoms with Crippen molar-refractivity contribution in [1.29, 1.82) is 0 Å². The number of nitrogens with two attached hydrogens (primary N) is 1. The minimum absolute atomic E-state index is 0.0243. The van der Waals surface area contributed by atoms with E-state index < -0.39 is 18.5 Å². The molecule has 1 amide bonds. The number of amides is 1. The van der Waals surface area contributed by atoms with Gasteiger partial charge in [0, 0.05) is 0 Å². The molecule has 0 unspecified atom stereocenters. The minimum atomic E-state index is -0.769. The van der Waals surface area contributed by atoms with Gasteiger partial charge in [-0.25, -0.2) is 4.79 Å². The van der Waals surface area contributed by atoms with Crippen molar-refractivity contribution < 1.29 is 19.4 Å². The number of hydrogen-bond donors (Lipinski definition) is 2. The zero-order valence-electron chi connectivity index (χ0n) is 8.19. The maximum Gasteiger partial charge on any atom is 0.342 e. The summed E-state index contributed by atoms with van der Waals surface area (Å²) in [5, 5.41) is 9.35. The van der Waals surface area contributed by atoms with Crippen LogP contribution in [-0.2, 0) is 9.53 Å². The summed E-state index contributed by atoms with van der Waals surface area (Å²) in [5.41, 5.74) is 5.64. The molecule has 0 aliphatic rings. The van der Waals surface area contributed by atoms with E-state index in [-0.39, 0.29) is 11.3 Å². The highest BCUT2D eigenvalue weighted by Crippen LogP contribution is 2.18. The Morgan fingerprint density at radius 1 is 1.47 bits per heavy atom. The summed E-state index contributed by atoms with van der Waals surface area (Å²) in [6, 6.07) is 4.51. The first-order chi connectivity index (χ1) is 7.00. The Morgan fingerprint density at radius 2 is 2.13 bits per heavy atom. The number of carbonyl (C=O) groups excluding carboxylic acids is 2. The Bertz CT molecular complexity index is 400. The zero-order chi connectivity index (χ0) is 11.4. The van der Waals surface area contributed by atoms with Gasteiger partial charge in [0.25, 0.3) is 5.91 Å². The quantitative estimate of drug-likeness (QED) is 0.702. The van der Waals surface area contributed by atoms with Crippen LogP contribution in [0.2, 0.25) is 0 Å². The van der Waals surface area contributed by atoms with Crippen LogP contribution in [0.25, 0.3) is 0 Å². The molecule has 0 bridgehead atoms. The van der Waals surface area contributed by atoms with Crippen LogP contribution in [0.4, 0.5) is 0 Å². The van der Waals surface area contributed by atoms with Crippen LogP contribution < -0.4 is 5.73 Å². The maximum atomic E-state index is 11.3. The van der Waals surface area contributed by atoms with Crippen LogP contribution >= 0.6 is 0 Å². The van der Waals surface area contributed by atoms with Gasteiger partial charge >= 0.3 is 5.97 Å². The van der Waals surface area contributed by atoms with E-state index in [0.717, 1.165) is 5.56 Å². The Balaban J connectivity index is 2.81. The second-order valence-corrected chi connectivity index (χ2v) is 3.06. The third kappa shape index (κ3) is 2.98. The van der Waals surface area contributed by atoms with Crippen molar-refractivity contribution in [1.82, 2.24) is 0 Å². The number of hydrogen-bond acceptors (Lipinski definition) is 4. The fraction of sp³-hybridized carbons (Fsp3) is 0.200. The second-order valence-electron chi connectivity index (χ2n) is 3.06. The van der Waals surface area contributed by atoms with Crippen LogP contribution in [0.1, 0.15) is 15.9 Å². The van der Waals surface area contributed by atoms with Crippen molar-refractivity contribution in [2.75, 3.05) is 6.61 Å². The van der Waals surface area contributed by atoms with E-state index in [1.54, 1.807) is 13.0 Å². The number of phenols is 1. The standard InChI is InChI=1S/C10H11NO4/c1-6-2-3-8(12)7(4-6)10(14)15-5-9(11)13/h2-4,12H,5H2,1H3,(H2,11,13). The third-order valence-corrected chi connectivity index (χ3v) is 1.72. The molecule has 0 fully saturated rings. The van der Waals surface area contributed by atoms with Crippen molar-refractivity contribution >= 4 is 11.9 Å². The van der Waals surface area contributed by atoms with E-state index in [0.29, 0.717) is 0 Å². The number of esters is 1. The van der Waals surface area contributed by atoms with Gasteiger partial charge in [0.1, 0.15) is 11.3 Å². The number of phenolic OH excluding ortho intramolecular Hbond substituents is 1. The molecule has 0 aromatic heterocycles. The minimum Gasteiger partial charge on any atom is -0.507 e. The van der Waals surface area contributed by atoms with Crippen molar-refractivity contribution in [3.05, 3.63) is 29.3 Å². The molecule has 0 atom stereocenters. The van der Waals surface area contributed by atoms with Crippen LogP contribution in [0.3, 0.4) is 0 Å². The first-order valence-electron chi connectivity index (χ1n) is 4.25. The molecule has 1 aromatic rings. The van der Waals surface area contributed by atoms with Crippen molar-refractivity contribution in [2.45, 2.75) is 6.92 Å². The molecule has 1 aromatic carbocycles. The number of aryl methyl sites for hydroxylation is 1. The highest BCUT2D eigenvalue weighted by molar-refractivity contribution is 5.93. The summed E-state index contributed by atoms with van der Waals surface area (Å²) >= 11 is 0. The van der Waals surface area contributed by atoms with Gasteiger partial charge in [0.2, 0.25) is 0 Å². The molecule has 15 heavy (non-hydrogen) atoms. The van der Waals surface area contributed by atoms with Crippen molar-refractivity contribution in [3.8, 4) is 5.75 Å². The summed E-state index contributed by atoms with van der Waals surface area (Å²) < 4.78 is 4.55. The fourth-order valence-corrected chi connectivity index (χ4v) is 1.03. The molecular weight excluding hydrogens is 198 g/mol. The molecule has 1 rings (SSSR count). The SMILES string of the molecule is Cc1ccc(O)c(C(=O)OCC(N)=O)c1. The highest BCUT2D eigenvalue weighted by Gasteiger charge is 2.13. The van der Waals surface area contributed by atoms with Crippen LogP contribution in [-0.4, -0.2) is 23.6 Å². The Labute approximate surface area is 86.5 Å². The number of aromatic hydroxyl groups is 1. The molecule has 5 heteroatoms.